The number of carboxylic acids is 1. The van der Waals surface area contributed by atoms with Gasteiger partial charge in [-0.25, -0.2) is 22.9 Å². The number of rotatable bonds is 5. The molecule has 0 saturated carbocycles. The molecule has 1 saturated heterocycles. The number of piperidine rings is 1. The number of fused-ring (bicyclic) bond motifs is 1. The number of carboxylic acid groups (broad SMARTS) is 1. The van der Waals surface area contributed by atoms with Crippen LogP contribution in [0.5, 0.6) is 0 Å². The molecule has 3 heterocycles. The van der Waals surface area contributed by atoms with Gasteiger partial charge in [-0.2, -0.15) is 0 Å². The molecule has 0 radical (unpaired) electrons. The number of aliphatic hydroxyl groups excluding tert-OH is 1. The Labute approximate surface area is 208 Å². The molecule has 36 heavy (non-hydrogen) atoms. The minimum atomic E-state index is -1.64. The molecule has 192 valence electrons. The molecule has 1 fully saturated rings. The Bertz CT molecular complexity index is 1430. The van der Waals surface area contributed by atoms with Gasteiger partial charge in [-0.05, 0) is 30.7 Å². The summed E-state index contributed by atoms with van der Waals surface area (Å²) >= 11 is 6.64. The van der Waals surface area contributed by atoms with Crippen LogP contribution in [-0.4, -0.2) is 44.9 Å². The standard InChI is InChI=1S/C24H24ClF3N4O4/c1-3-17(33)11-4-5-31(8-10(11)2)20-14(26)6-12-19(18(20)25)32(9-13(21(12)34)24(35)36)23-16(28)7-15(27)22(29)30-23/h6-7,9-11,17,33H,3-5,8H2,1-2H3,(H2,29,30)(H,35,36). The van der Waals surface area contributed by atoms with Crippen molar-refractivity contribution in [2.24, 2.45) is 11.8 Å². The van der Waals surface area contributed by atoms with Gasteiger partial charge in [0.1, 0.15) is 11.4 Å². The molecular formula is C24H24ClF3N4O4. The topological polar surface area (TPSA) is 122 Å². The number of aromatic nitrogens is 2. The second-order valence-corrected chi connectivity index (χ2v) is 9.35. The van der Waals surface area contributed by atoms with Crippen LogP contribution in [0.1, 0.15) is 37.0 Å². The smallest absolute Gasteiger partial charge is 0.341 e. The summed E-state index contributed by atoms with van der Waals surface area (Å²) in [5, 5.41) is 19.1. The summed E-state index contributed by atoms with van der Waals surface area (Å²) in [6, 6.07) is 1.32. The average Bonchev–Trinajstić information content (AvgIpc) is 2.81. The Balaban J connectivity index is 1.98. The number of anilines is 2. The number of aromatic carboxylic acids is 1. The highest BCUT2D eigenvalue weighted by Crippen LogP contribution is 2.40. The van der Waals surface area contributed by atoms with E-state index in [-0.39, 0.29) is 28.1 Å². The zero-order valence-corrected chi connectivity index (χ0v) is 20.2. The van der Waals surface area contributed by atoms with Crippen LogP contribution < -0.4 is 16.1 Å². The van der Waals surface area contributed by atoms with Gasteiger partial charge >= 0.3 is 5.97 Å². The van der Waals surface area contributed by atoms with Crippen molar-refractivity contribution in [3.8, 4) is 5.82 Å². The van der Waals surface area contributed by atoms with Gasteiger partial charge in [0, 0.05) is 25.4 Å². The average molecular weight is 525 g/mol. The number of benzene rings is 1. The third-order valence-electron chi connectivity index (χ3n) is 6.75. The second kappa shape index (κ2) is 9.62. The largest absolute Gasteiger partial charge is 0.477 e. The van der Waals surface area contributed by atoms with E-state index in [1.807, 2.05) is 13.8 Å². The highest BCUT2D eigenvalue weighted by Gasteiger charge is 2.33. The summed E-state index contributed by atoms with van der Waals surface area (Å²) in [5.74, 6) is -6.14. The monoisotopic (exact) mass is 524 g/mol. The normalized spacial score (nSPS) is 19.0. The van der Waals surface area contributed by atoms with Crippen molar-refractivity contribution in [3.63, 3.8) is 0 Å². The highest BCUT2D eigenvalue weighted by molar-refractivity contribution is 6.38. The summed E-state index contributed by atoms with van der Waals surface area (Å²) < 4.78 is 44.9. The summed E-state index contributed by atoms with van der Waals surface area (Å²) in [6.45, 7) is 4.50. The number of halogens is 4. The number of nitrogen functional groups attached to an aromatic ring is 1. The third kappa shape index (κ3) is 4.26. The lowest BCUT2D eigenvalue weighted by Gasteiger charge is -2.40. The van der Waals surface area contributed by atoms with Crippen molar-refractivity contribution in [2.45, 2.75) is 32.8 Å². The molecule has 3 unspecified atom stereocenters. The summed E-state index contributed by atoms with van der Waals surface area (Å²) in [6.07, 6.45) is 1.43. The van der Waals surface area contributed by atoms with Gasteiger partial charge in [0.2, 0.25) is 5.43 Å². The van der Waals surface area contributed by atoms with Crippen LogP contribution in [0.2, 0.25) is 5.02 Å². The van der Waals surface area contributed by atoms with E-state index >= 15 is 4.39 Å². The number of pyridine rings is 2. The zero-order valence-electron chi connectivity index (χ0n) is 19.4. The van der Waals surface area contributed by atoms with Crippen LogP contribution in [0, 0.1) is 29.3 Å². The number of hydrogen-bond acceptors (Lipinski definition) is 6. The van der Waals surface area contributed by atoms with Gasteiger partial charge in [0.05, 0.1) is 27.7 Å². The Kier molecular flexibility index (Phi) is 6.89. The van der Waals surface area contributed by atoms with Gasteiger partial charge in [-0.1, -0.05) is 25.4 Å². The molecule has 0 bridgehead atoms. The van der Waals surface area contributed by atoms with Crippen molar-refractivity contribution < 1.29 is 28.2 Å². The van der Waals surface area contributed by atoms with Crippen molar-refractivity contribution >= 4 is 40.0 Å². The lowest BCUT2D eigenvalue weighted by Crippen LogP contribution is -2.44. The molecule has 8 nitrogen and oxygen atoms in total. The summed E-state index contributed by atoms with van der Waals surface area (Å²) in [4.78, 5) is 30.0. The molecule has 4 rings (SSSR count). The van der Waals surface area contributed by atoms with E-state index in [1.165, 1.54) is 0 Å². The predicted molar refractivity (Wildman–Crippen MR) is 129 cm³/mol. The van der Waals surface area contributed by atoms with E-state index < -0.39 is 57.5 Å². The molecule has 0 spiro atoms. The van der Waals surface area contributed by atoms with E-state index in [4.69, 9.17) is 17.3 Å². The van der Waals surface area contributed by atoms with Crippen LogP contribution >= 0.6 is 11.6 Å². The SMILES string of the molecule is CCC(O)C1CCN(c2c(F)cc3c(=O)c(C(=O)O)cn(-c4nc(N)c(F)cc4F)c3c2Cl)CC1C. The quantitative estimate of drug-likeness (QED) is 0.461. The van der Waals surface area contributed by atoms with E-state index in [1.54, 1.807) is 4.90 Å². The minimum Gasteiger partial charge on any atom is -0.477 e. The van der Waals surface area contributed by atoms with Crippen LogP contribution in [0.15, 0.2) is 23.1 Å². The van der Waals surface area contributed by atoms with Gasteiger partial charge in [0.15, 0.2) is 23.3 Å². The van der Waals surface area contributed by atoms with Crippen LogP contribution in [-0.2, 0) is 0 Å². The maximum Gasteiger partial charge on any atom is 0.341 e. The molecule has 3 aromatic rings. The Morgan fingerprint density at radius 1 is 1.28 bits per heavy atom. The molecule has 3 atom stereocenters. The molecular weight excluding hydrogens is 501 g/mol. The predicted octanol–water partition coefficient (Wildman–Crippen LogP) is 3.97. The van der Waals surface area contributed by atoms with Crippen molar-refractivity contribution in [3.05, 3.63) is 56.6 Å². The van der Waals surface area contributed by atoms with Gasteiger partial charge in [0.25, 0.3) is 0 Å². The Morgan fingerprint density at radius 3 is 2.58 bits per heavy atom. The molecule has 1 aliphatic rings. The highest BCUT2D eigenvalue weighted by atomic mass is 35.5. The number of aliphatic hydroxyl groups is 1. The fourth-order valence-corrected chi connectivity index (χ4v) is 5.30. The van der Waals surface area contributed by atoms with Gasteiger partial charge in [-0.15, -0.1) is 0 Å². The first-order valence-electron chi connectivity index (χ1n) is 11.3. The van der Waals surface area contributed by atoms with E-state index in [2.05, 4.69) is 4.98 Å². The van der Waals surface area contributed by atoms with Crippen LogP contribution in [0.4, 0.5) is 24.7 Å². The molecule has 1 aromatic carbocycles. The van der Waals surface area contributed by atoms with E-state index in [0.29, 0.717) is 32.0 Å². The number of nitrogens with two attached hydrogens (primary N) is 1. The van der Waals surface area contributed by atoms with E-state index in [9.17, 15) is 28.6 Å². The maximum atomic E-state index is 15.4. The van der Waals surface area contributed by atoms with Crippen LogP contribution in [0.3, 0.4) is 0 Å². The first-order valence-corrected chi connectivity index (χ1v) is 11.7. The van der Waals surface area contributed by atoms with Crippen molar-refractivity contribution in [1.82, 2.24) is 9.55 Å². The first-order chi connectivity index (χ1) is 17.0. The zero-order chi connectivity index (χ0) is 26.5. The van der Waals surface area contributed by atoms with Gasteiger partial charge in [-0.3, -0.25) is 9.36 Å². The lowest BCUT2D eigenvalue weighted by atomic mass is 9.81. The molecule has 4 N–H and O–H groups in total. The summed E-state index contributed by atoms with van der Waals surface area (Å²) in [5.41, 5.74) is 3.41. The number of nitrogens with zero attached hydrogens (tertiary/aromatic N) is 3. The second-order valence-electron chi connectivity index (χ2n) is 8.98. The lowest BCUT2D eigenvalue weighted by molar-refractivity contribution is 0.0619. The Hall–Kier alpha value is -3.31. The number of carbonyl (C=O) groups is 1. The summed E-state index contributed by atoms with van der Waals surface area (Å²) in [7, 11) is 0. The molecule has 12 heteroatoms. The molecule has 1 aliphatic heterocycles. The van der Waals surface area contributed by atoms with Crippen LogP contribution in [0.25, 0.3) is 16.7 Å². The Morgan fingerprint density at radius 2 is 1.97 bits per heavy atom. The third-order valence-corrected chi connectivity index (χ3v) is 7.11. The molecule has 0 amide bonds. The maximum absolute atomic E-state index is 15.4. The fourth-order valence-electron chi connectivity index (χ4n) is 4.89. The molecule has 0 aliphatic carbocycles. The van der Waals surface area contributed by atoms with Crippen molar-refractivity contribution in [1.29, 1.82) is 0 Å². The minimum absolute atomic E-state index is 0.00494. The molecule has 2 aromatic heterocycles. The first kappa shape index (κ1) is 25.8. The van der Waals surface area contributed by atoms with Gasteiger partial charge < -0.3 is 20.8 Å². The number of hydrogen-bond donors (Lipinski definition) is 3. The van der Waals surface area contributed by atoms with Crippen molar-refractivity contribution in [2.75, 3.05) is 23.7 Å². The van der Waals surface area contributed by atoms with E-state index in [0.717, 1.165) is 16.8 Å². The fraction of sp³-hybridized carbons (Fsp3) is 0.375.